The van der Waals surface area contributed by atoms with Gasteiger partial charge >= 0.3 is 5.97 Å². The molecule has 2 aromatic rings. The third kappa shape index (κ3) is 3.86. The summed E-state index contributed by atoms with van der Waals surface area (Å²) in [4.78, 5) is 24.7. The minimum Gasteiger partial charge on any atom is -0.493 e. The smallest absolute Gasteiger partial charge is 0.348 e. The van der Waals surface area contributed by atoms with Crippen LogP contribution in [0.15, 0.2) is 24.3 Å². The second-order valence-corrected chi connectivity index (χ2v) is 5.92. The molecule has 0 radical (unpaired) electrons. The largest absolute Gasteiger partial charge is 0.493 e. The molecular weight excluding hydrogens is 330 g/mol. The highest BCUT2D eigenvalue weighted by Gasteiger charge is 2.17. The molecule has 1 aromatic heterocycles. The zero-order valence-corrected chi connectivity index (χ0v) is 14.8. The molecule has 0 atom stereocenters. The number of esters is 1. The number of nitrogens with one attached hydrogen (secondary N) is 1. The topological polar surface area (TPSA) is 73.9 Å². The molecule has 0 aliphatic heterocycles. The zero-order valence-electron chi connectivity index (χ0n) is 14.0. The molecule has 0 spiro atoms. The van der Waals surface area contributed by atoms with Crippen molar-refractivity contribution in [3.63, 3.8) is 0 Å². The Hall–Kier alpha value is -2.54. The number of aryl methyl sites for hydroxylation is 1. The molecule has 0 saturated carbocycles. The number of thiophene rings is 1. The van der Waals surface area contributed by atoms with Gasteiger partial charge in [0.15, 0.2) is 11.5 Å². The van der Waals surface area contributed by atoms with Crippen molar-refractivity contribution in [1.82, 2.24) is 0 Å². The molecule has 0 unspecified atom stereocenters. The number of hydrogen-bond acceptors (Lipinski definition) is 6. The van der Waals surface area contributed by atoms with Gasteiger partial charge in [0.2, 0.25) is 0 Å². The Labute approximate surface area is 144 Å². The molecule has 0 saturated heterocycles. The Morgan fingerprint density at radius 2 is 1.83 bits per heavy atom. The molecule has 1 N–H and O–H groups in total. The summed E-state index contributed by atoms with van der Waals surface area (Å²) in [6.07, 6.45) is 0. The van der Waals surface area contributed by atoms with E-state index in [4.69, 9.17) is 14.2 Å². The van der Waals surface area contributed by atoms with Crippen LogP contribution in [0.2, 0.25) is 0 Å². The second kappa shape index (κ2) is 7.83. The lowest BCUT2D eigenvalue weighted by Crippen LogP contribution is -2.11. The third-order valence-corrected chi connectivity index (χ3v) is 4.39. The summed E-state index contributed by atoms with van der Waals surface area (Å²) >= 11 is 1.19. The fourth-order valence-electron chi connectivity index (χ4n) is 2.10. The molecule has 1 amide bonds. The van der Waals surface area contributed by atoms with E-state index in [1.54, 1.807) is 38.1 Å². The van der Waals surface area contributed by atoms with Crippen LogP contribution in [0.25, 0.3) is 0 Å². The molecule has 0 aliphatic carbocycles. The molecule has 2 rings (SSSR count). The monoisotopic (exact) mass is 349 g/mol. The maximum Gasteiger partial charge on any atom is 0.348 e. The lowest BCUT2D eigenvalue weighted by Gasteiger charge is -2.09. The van der Waals surface area contributed by atoms with Gasteiger partial charge in [-0.05, 0) is 43.7 Å². The third-order valence-electron chi connectivity index (χ3n) is 3.26. The van der Waals surface area contributed by atoms with Gasteiger partial charge in [0.05, 0.1) is 25.8 Å². The Morgan fingerprint density at radius 3 is 2.46 bits per heavy atom. The maximum absolute atomic E-state index is 12.4. The first kappa shape index (κ1) is 17.8. The molecule has 1 aromatic carbocycles. The lowest BCUT2D eigenvalue weighted by molar-refractivity contribution is 0.0531. The molecule has 1 heterocycles. The van der Waals surface area contributed by atoms with Crippen LogP contribution in [0.5, 0.6) is 11.5 Å². The number of benzene rings is 1. The van der Waals surface area contributed by atoms with E-state index in [0.717, 1.165) is 5.56 Å². The van der Waals surface area contributed by atoms with Gasteiger partial charge in [-0.15, -0.1) is 11.3 Å². The van der Waals surface area contributed by atoms with Gasteiger partial charge < -0.3 is 19.5 Å². The van der Waals surface area contributed by atoms with Gasteiger partial charge in [-0.2, -0.15) is 0 Å². The highest BCUT2D eigenvalue weighted by Crippen LogP contribution is 2.30. The van der Waals surface area contributed by atoms with Crippen molar-refractivity contribution in [2.24, 2.45) is 0 Å². The Balaban J connectivity index is 2.18. The normalized spacial score (nSPS) is 10.2. The van der Waals surface area contributed by atoms with Crippen molar-refractivity contribution in [2.45, 2.75) is 13.8 Å². The Morgan fingerprint density at radius 1 is 1.12 bits per heavy atom. The van der Waals surface area contributed by atoms with Crippen LogP contribution in [-0.4, -0.2) is 32.7 Å². The highest BCUT2D eigenvalue weighted by atomic mass is 32.1. The first-order chi connectivity index (χ1) is 11.5. The summed E-state index contributed by atoms with van der Waals surface area (Å²) in [5.74, 6) is 0.338. The first-order valence-corrected chi connectivity index (χ1v) is 8.12. The Bertz CT molecular complexity index is 753. The van der Waals surface area contributed by atoms with Gasteiger partial charge in [0.1, 0.15) is 4.88 Å². The predicted octanol–water partition coefficient (Wildman–Crippen LogP) is 3.50. The highest BCUT2D eigenvalue weighted by molar-refractivity contribution is 7.18. The van der Waals surface area contributed by atoms with E-state index in [9.17, 15) is 9.59 Å². The van der Waals surface area contributed by atoms with Crippen LogP contribution in [0.1, 0.15) is 32.5 Å². The van der Waals surface area contributed by atoms with E-state index < -0.39 is 0 Å². The molecule has 0 fully saturated rings. The molecule has 0 bridgehead atoms. The summed E-state index contributed by atoms with van der Waals surface area (Å²) in [6.45, 7) is 3.86. The number of carbonyl (C=O) groups excluding carboxylic acids is 2. The van der Waals surface area contributed by atoms with E-state index in [0.29, 0.717) is 33.5 Å². The van der Waals surface area contributed by atoms with E-state index in [2.05, 4.69) is 5.32 Å². The van der Waals surface area contributed by atoms with Gasteiger partial charge in [-0.25, -0.2) is 4.79 Å². The minimum atomic E-state index is -0.383. The summed E-state index contributed by atoms with van der Waals surface area (Å²) in [7, 11) is 3.04. The molecule has 0 aliphatic rings. The van der Waals surface area contributed by atoms with Crippen LogP contribution in [0.3, 0.4) is 0 Å². The molecule has 24 heavy (non-hydrogen) atoms. The maximum atomic E-state index is 12.4. The van der Waals surface area contributed by atoms with Gasteiger partial charge in [-0.3, -0.25) is 4.79 Å². The van der Waals surface area contributed by atoms with Gasteiger partial charge in [0, 0.05) is 5.56 Å². The lowest BCUT2D eigenvalue weighted by atomic mass is 10.2. The summed E-state index contributed by atoms with van der Waals surface area (Å²) in [6, 6.07) is 6.65. The summed E-state index contributed by atoms with van der Waals surface area (Å²) < 4.78 is 15.3. The van der Waals surface area contributed by atoms with Crippen LogP contribution in [0, 0.1) is 6.92 Å². The van der Waals surface area contributed by atoms with Crippen molar-refractivity contribution in [2.75, 3.05) is 26.1 Å². The molecule has 128 valence electrons. The van der Waals surface area contributed by atoms with Gasteiger partial charge in [-0.1, -0.05) is 0 Å². The number of rotatable bonds is 6. The van der Waals surface area contributed by atoms with Gasteiger partial charge in [0.25, 0.3) is 5.91 Å². The van der Waals surface area contributed by atoms with Crippen LogP contribution >= 0.6 is 11.3 Å². The average molecular weight is 349 g/mol. The predicted molar refractivity (Wildman–Crippen MR) is 92.5 cm³/mol. The molecular formula is C17H19NO5S. The second-order valence-electron chi connectivity index (χ2n) is 4.87. The number of ether oxygens (including phenoxy) is 3. The van der Waals surface area contributed by atoms with Crippen molar-refractivity contribution >= 4 is 28.2 Å². The number of carbonyl (C=O) groups is 2. The van der Waals surface area contributed by atoms with Crippen LogP contribution in [0.4, 0.5) is 5.00 Å². The standard InChI is InChI=1S/C17H19NO5S/c1-5-23-17(20)15-10(2)8-14(24-15)18-16(19)11-6-7-12(21-3)13(9-11)22-4/h6-9H,5H2,1-4H3,(H,18,19). The van der Waals surface area contributed by atoms with Crippen molar-refractivity contribution in [3.05, 3.63) is 40.3 Å². The van der Waals surface area contributed by atoms with Crippen LogP contribution < -0.4 is 14.8 Å². The number of hydrogen-bond donors (Lipinski definition) is 1. The SMILES string of the molecule is CCOC(=O)c1sc(NC(=O)c2ccc(OC)c(OC)c2)cc1C. The Kier molecular flexibility index (Phi) is 5.81. The fourth-order valence-corrected chi connectivity index (χ4v) is 3.07. The van der Waals surface area contributed by atoms with Crippen molar-refractivity contribution < 1.29 is 23.8 Å². The van der Waals surface area contributed by atoms with E-state index in [1.165, 1.54) is 25.6 Å². The van der Waals surface area contributed by atoms with E-state index in [1.807, 2.05) is 0 Å². The number of amides is 1. The fraction of sp³-hybridized carbons (Fsp3) is 0.294. The van der Waals surface area contributed by atoms with Crippen LogP contribution in [-0.2, 0) is 4.74 Å². The molecule has 6 nitrogen and oxygen atoms in total. The quantitative estimate of drug-likeness (QED) is 0.808. The first-order valence-electron chi connectivity index (χ1n) is 7.31. The zero-order chi connectivity index (χ0) is 17.7. The number of methoxy groups -OCH3 is 2. The van der Waals surface area contributed by atoms with E-state index in [-0.39, 0.29) is 11.9 Å². The average Bonchev–Trinajstić information content (AvgIpc) is 2.94. The van der Waals surface area contributed by atoms with E-state index >= 15 is 0 Å². The summed E-state index contributed by atoms with van der Waals surface area (Å²) in [5.41, 5.74) is 1.19. The van der Waals surface area contributed by atoms with Crippen molar-refractivity contribution in [1.29, 1.82) is 0 Å². The number of anilines is 1. The van der Waals surface area contributed by atoms with Crippen molar-refractivity contribution in [3.8, 4) is 11.5 Å². The summed E-state index contributed by atoms with van der Waals surface area (Å²) in [5, 5.41) is 3.36. The molecule has 7 heteroatoms. The minimum absolute atomic E-state index is 0.299.